The normalized spacial score (nSPS) is 11.5. The van der Waals surface area contributed by atoms with Gasteiger partial charge in [-0.25, -0.2) is 14.5 Å². The topological polar surface area (TPSA) is 60.9 Å². The molecule has 0 saturated heterocycles. The second-order valence-electron chi connectivity index (χ2n) is 6.26. The van der Waals surface area contributed by atoms with Crippen LogP contribution in [-0.2, 0) is 0 Å². The summed E-state index contributed by atoms with van der Waals surface area (Å²) in [5.74, 6) is 0.672. The molecular weight excluding hydrogens is 324 g/mol. The molecule has 126 valence electrons. The van der Waals surface area contributed by atoms with Gasteiger partial charge in [0.15, 0.2) is 17.1 Å². The monoisotopic (exact) mass is 340 g/mol. The van der Waals surface area contributed by atoms with Crippen LogP contribution >= 0.6 is 0 Å². The van der Waals surface area contributed by atoms with E-state index in [0.717, 1.165) is 39.2 Å². The van der Waals surface area contributed by atoms with Crippen molar-refractivity contribution < 1.29 is 0 Å². The van der Waals surface area contributed by atoms with Gasteiger partial charge < -0.3 is 0 Å². The maximum atomic E-state index is 4.79. The molecule has 0 N–H and O–H groups in total. The third-order valence-electron chi connectivity index (χ3n) is 4.79. The van der Waals surface area contributed by atoms with E-state index in [1.54, 1.807) is 23.2 Å². The highest BCUT2D eigenvalue weighted by molar-refractivity contribution is 5.95. The average molecular weight is 340 g/mol. The maximum Gasteiger partial charge on any atom is 0.182 e. The van der Waals surface area contributed by atoms with Crippen molar-refractivity contribution in [3.8, 4) is 17.1 Å². The van der Waals surface area contributed by atoms with Crippen molar-refractivity contribution >= 4 is 16.7 Å². The molecule has 0 aliphatic carbocycles. The number of hydrogen-bond acceptors (Lipinski definition) is 4. The van der Waals surface area contributed by atoms with E-state index in [-0.39, 0.29) is 0 Å². The SMILES string of the molecule is Cc1c(C)n(-c2ccccc2)c2ncn3nc(-c4ccncc4)nc3c12. The van der Waals surface area contributed by atoms with E-state index in [1.165, 1.54) is 0 Å². The second kappa shape index (κ2) is 5.49. The van der Waals surface area contributed by atoms with E-state index in [9.17, 15) is 0 Å². The summed E-state index contributed by atoms with van der Waals surface area (Å²) in [6.45, 7) is 4.22. The molecule has 0 unspecified atom stereocenters. The molecular formula is C20H16N6. The second-order valence-corrected chi connectivity index (χ2v) is 6.26. The lowest BCUT2D eigenvalue weighted by Gasteiger charge is -2.07. The first-order valence-corrected chi connectivity index (χ1v) is 8.43. The van der Waals surface area contributed by atoms with Crippen LogP contribution in [0.3, 0.4) is 0 Å². The summed E-state index contributed by atoms with van der Waals surface area (Å²) >= 11 is 0. The van der Waals surface area contributed by atoms with Gasteiger partial charge in [-0.1, -0.05) is 18.2 Å². The van der Waals surface area contributed by atoms with E-state index < -0.39 is 0 Å². The minimum atomic E-state index is 0.672. The van der Waals surface area contributed by atoms with Crippen LogP contribution in [0.1, 0.15) is 11.3 Å². The average Bonchev–Trinajstić information content (AvgIpc) is 3.23. The fourth-order valence-electron chi connectivity index (χ4n) is 3.38. The largest absolute Gasteiger partial charge is 0.298 e. The van der Waals surface area contributed by atoms with Crippen molar-refractivity contribution in [2.75, 3.05) is 0 Å². The molecule has 4 heterocycles. The molecule has 1 aromatic carbocycles. The highest BCUT2D eigenvalue weighted by Crippen LogP contribution is 2.30. The zero-order valence-electron chi connectivity index (χ0n) is 14.5. The third kappa shape index (κ3) is 2.05. The van der Waals surface area contributed by atoms with E-state index in [1.807, 2.05) is 30.3 Å². The van der Waals surface area contributed by atoms with E-state index in [2.05, 4.69) is 45.6 Å². The number of aromatic nitrogens is 6. The van der Waals surface area contributed by atoms with Crippen molar-refractivity contribution in [3.63, 3.8) is 0 Å². The molecule has 26 heavy (non-hydrogen) atoms. The van der Waals surface area contributed by atoms with Gasteiger partial charge in [0.1, 0.15) is 6.33 Å². The van der Waals surface area contributed by atoms with Gasteiger partial charge in [-0.05, 0) is 43.7 Å². The Morgan fingerprint density at radius 3 is 2.42 bits per heavy atom. The molecule has 0 fully saturated rings. The lowest BCUT2D eigenvalue weighted by Crippen LogP contribution is -1.98. The fourth-order valence-corrected chi connectivity index (χ4v) is 3.38. The van der Waals surface area contributed by atoms with Crippen molar-refractivity contribution in [1.29, 1.82) is 0 Å². The first-order chi connectivity index (χ1) is 12.7. The summed E-state index contributed by atoms with van der Waals surface area (Å²) in [5.41, 5.74) is 6.06. The van der Waals surface area contributed by atoms with Crippen molar-refractivity contribution in [2.24, 2.45) is 0 Å². The molecule has 0 aliphatic heterocycles. The first-order valence-electron chi connectivity index (χ1n) is 8.43. The summed E-state index contributed by atoms with van der Waals surface area (Å²) in [5, 5.41) is 5.62. The fraction of sp³-hybridized carbons (Fsp3) is 0.100. The van der Waals surface area contributed by atoms with Crippen molar-refractivity contribution in [1.82, 2.24) is 29.1 Å². The Kier molecular flexibility index (Phi) is 3.12. The molecule has 6 nitrogen and oxygen atoms in total. The van der Waals surface area contributed by atoms with Gasteiger partial charge >= 0.3 is 0 Å². The number of fused-ring (bicyclic) bond motifs is 3. The number of benzene rings is 1. The van der Waals surface area contributed by atoms with Gasteiger partial charge in [0.05, 0.1) is 5.39 Å². The summed E-state index contributed by atoms with van der Waals surface area (Å²) in [7, 11) is 0. The van der Waals surface area contributed by atoms with Gasteiger partial charge in [0.2, 0.25) is 0 Å². The van der Waals surface area contributed by atoms with Crippen LogP contribution in [0.25, 0.3) is 33.8 Å². The minimum Gasteiger partial charge on any atom is -0.298 e. The van der Waals surface area contributed by atoms with Gasteiger partial charge in [0.25, 0.3) is 0 Å². The van der Waals surface area contributed by atoms with Crippen LogP contribution in [0, 0.1) is 13.8 Å². The number of rotatable bonds is 2. The predicted octanol–water partition coefficient (Wildman–Crippen LogP) is 3.75. The van der Waals surface area contributed by atoms with E-state index >= 15 is 0 Å². The zero-order valence-corrected chi connectivity index (χ0v) is 14.5. The Balaban J connectivity index is 1.83. The van der Waals surface area contributed by atoms with Crippen LogP contribution in [0.5, 0.6) is 0 Å². The van der Waals surface area contributed by atoms with Gasteiger partial charge in [-0.3, -0.25) is 9.55 Å². The number of para-hydroxylation sites is 1. The summed E-state index contributed by atoms with van der Waals surface area (Å²) in [6, 6.07) is 14.1. The van der Waals surface area contributed by atoms with E-state index in [4.69, 9.17) is 4.98 Å². The molecule has 0 spiro atoms. The van der Waals surface area contributed by atoms with Gasteiger partial charge in [-0.15, -0.1) is 5.10 Å². The molecule has 4 aromatic heterocycles. The third-order valence-corrected chi connectivity index (χ3v) is 4.79. The van der Waals surface area contributed by atoms with Crippen LogP contribution in [0.15, 0.2) is 61.2 Å². The maximum absolute atomic E-state index is 4.79. The molecule has 5 rings (SSSR count). The van der Waals surface area contributed by atoms with Crippen LogP contribution in [0.4, 0.5) is 0 Å². The number of aryl methyl sites for hydroxylation is 1. The Morgan fingerprint density at radius 2 is 1.65 bits per heavy atom. The number of nitrogens with zero attached hydrogens (tertiary/aromatic N) is 6. The highest BCUT2D eigenvalue weighted by Gasteiger charge is 2.19. The molecule has 0 amide bonds. The Hall–Kier alpha value is -3.54. The summed E-state index contributed by atoms with van der Waals surface area (Å²) in [6.07, 6.45) is 5.22. The molecule has 6 heteroatoms. The smallest absolute Gasteiger partial charge is 0.182 e. The quantitative estimate of drug-likeness (QED) is 0.491. The van der Waals surface area contributed by atoms with Gasteiger partial charge in [0, 0.05) is 29.3 Å². The first kappa shape index (κ1) is 14.8. The highest BCUT2D eigenvalue weighted by atomic mass is 15.3. The molecule has 0 bridgehead atoms. The number of pyridine rings is 1. The molecule has 0 saturated carbocycles. The van der Waals surface area contributed by atoms with Crippen molar-refractivity contribution in [2.45, 2.75) is 13.8 Å². The predicted molar refractivity (Wildman–Crippen MR) is 100 cm³/mol. The summed E-state index contributed by atoms with van der Waals surface area (Å²) < 4.78 is 3.92. The lowest BCUT2D eigenvalue weighted by atomic mass is 10.2. The standard InChI is InChI=1S/C20H16N6/c1-13-14(2)26(16-6-4-3-5-7-16)19-17(13)20-23-18(24-25(20)12-22-19)15-8-10-21-11-9-15/h3-12H,1-2H3. The van der Waals surface area contributed by atoms with Crippen molar-refractivity contribution in [3.05, 3.63) is 72.4 Å². The Morgan fingerprint density at radius 1 is 0.885 bits per heavy atom. The Bertz CT molecular complexity index is 1240. The zero-order chi connectivity index (χ0) is 17.7. The molecule has 0 radical (unpaired) electrons. The molecule has 0 aliphatic rings. The number of hydrogen-bond donors (Lipinski definition) is 0. The van der Waals surface area contributed by atoms with Crippen LogP contribution in [-0.4, -0.2) is 29.1 Å². The molecule has 5 aromatic rings. The summed E-state index contributed by atoms with van der Waals surface area (Å²) in [4.78, 5) is 13.5. The molecule has 0 atom stereocenters. The Labute approximate surface area is 149 Å². The van der Waals surface area contributed by atoms with Crippen LogP contribution < -0.4 is 0 Å². The van der Waals surface area contributed by atoms with Gasteiger partial charge in [-0.2, -0.15) is 0 Å². The van der Waals surface area contributed by atoms with E-state index in [0.29, 0.717) is 5.82 Å². The van der Waals surface area contributed by atoms with Crippen LogP contribution in [0.2, 0.25) is 0 Å². The minimum absolute atomic E-state index is 0.672. The lowest BCUT2D eigenvalue weighted by molar-refractivity contribution is 0.926.